The zero-order chi connectivity index (χ0) is 15.1. The van der Waals surface area contributed by atoms with Crippen molar-refractivity contribution in [2.24, 2.45) is 0 Å². The lowest BCUT2D eigenvalue weighted by molar-refractivity contribution is 0.0690. The van der Waals surface area contributed by atoms with Crippen molar-refractivity contribution in [1.82, 2.24) is 15.6 Å². The molecule has 1 aromatic heterocycles. The van der Waals surface area contributed by atoms with E-state index in [-0.39, 0.29) is 17.8 Å². The molecule has 2 rings (SSSR count). The van der Waals surface area contributed by atoms with Gasteiger partial charge in [0.15, 0.2) is 0 Å². The molecular weight excluding hydrogens is 274 g/mol. The van der Waals surface area contributed by atoms with Crippen LogP contribution in [0.3, 0.4) is 0 Å². The first kappa shape index (κ1) is 15.2. The van der Waals surface area contributed by atoms with Gasteiger partial charge in [-0.25, -0.2) is 14.6 Å². The van der Waals surface area contributed by atoms with Crippen molar-refractivity contribution in [3.8, 4) is 0 Å². The van der Waals surface area contributed by atoms with E-state index in [1.165, 1.54) is 12.3 Å². The van der Waals surface area contributed by atoms with Crippen LogP contribution in [0.5, 0.6) is 0 Å². The van der Waals surface area contributed by atoms with Gasteiger partial charge in [-0.15, -0.1) is 0 Å². The van der Waals surface area contributed by atoms with Crippen LogP contribution in [0.4, 0.5) is 4.79 Å². The molecule has 2 heterocycles. The molecule has 1 unspecified atom stereocenters. The number of aromatic nitrogens is 1. The quantitative estimate of drug-likeness (QED) is 0.730. The van der Waals surface area contributed by atoms with Crippen molar-refractivity contribution in [3.63, 3.8) is 0 Å². The van der Waals surface area contributed by atoms with Gasteiger partial charge >= 0.3 is 12.0 Å². The second kappa shape index (κ2) is 7.58. The van der Waals surface area contributed by atoms with Gasteiger partial charge < -0.3 is 20.5 Å². The highest BCUT2D eigenvalue weighted by molar-refractivity contribution is 5.85. The smallest absolute Gasteiger partial charge is 0.354 e. The fourth-order valence-corrected chi connectivity index (χ4v) is 2.12. The van der Waals surface area contributed by atoms with Crippen LogP contribution in [-0.2, 0) is 11.3 Å². The summed E-state index contributed by atoms with van der Waals surface area (Å²) in [4.78, 5) is 26.0. The number of pyridine rings is 1. The number of carboxylic acid groups (broad SMARTS) is 1. The van der Waals surface area contributed by atoms with E-state index in [0.29, 0.717) is 13.1 Å². The first-order valence-corrected chi connectivity index (χ1v) is 6.96. The monoisotopic (exact) mass is 293 g/mol. The molecule has 1 aliphatic rings. The predicted molar refractivity (Wildman–Crippen MR) is 75.0 cm³/mol. The topological polar surface area (TPSA) is 101 Å². The highest BCUT2D eigenvalue weighted by atomic mass is 16.5. The SMILES string of the molecule is O=C(NCCC1CCCO1)NCc1ccc(C(=O)O)nc1. The van der Waals surface area contributed by atoms with Crippen LogP contribution < -0.4 is 10.6 Å². The Labute approximate surface area is 122 Å². The first-order valence-electron chi connectivity index (χ1n) is 6.96. The molecule has 0 bridgehead atoms. The van der Waals surface area contributed by atoms with Gasteiger partial charge in [0.25, 0.3) is 0 Å². The van der Waals surface area contributed by atoms with Gasteiger partial charge in [0, 0.05) is 25.9 Å². The summed E-state index contributed by atoms with van der Waals surface area (Å²) in [6, 6.07) is 2.79. The van der Waals surface area contributed by atoms with Gasteiger partial charge in [0.05, 0.1) is 6.10 Å². The molecule has 1 fully saturated rings. The molecule has 0 aromatic carbocycles. The lowest BCUT2D eigenvalue weighted by Crippen LogP contribution is -2.36. The van der Waals surface area contributed by atoms with Crippen molar-refractivity contribution in [1.29, 1.82) is 0 Å². The third-order valence-corrected chi connectivity index (χ3v) is 3.27. The summed E-state index contributed by atoms with van der Waals surface area (Å²) < 4.78 is 5.47. The number of aromatic carboxylic acids is 1. The van der Waals surface area contributed by atoms with E-state index < -0.39 is 5.97 Å². The molecule has 114 valence electrons. The van der Waals surface area contributed by atoms with E-state index in [2.05, 4.69) is 15.6 Å². The first-order chi connectivity index (χ1) is 10.1. The van der Waals surface area contributed by atoms with Crippen molar-refractivity contribution in [2.75, 3.05) is 13.2 Å². The van der Waals surface area contributed by atoms with Crippen molar-refractivity contribution >= 4 is 12.0 Å². The molecule has 7 nitrogen and oxygen atoms in total. The van der Waals surface area contributed by atoms with Crippen LogP contribution in [0.15, 0.2) is 18.3 Å². The average Bonchev–Trinajstić information content (AvgIpc) is 2.99. The number of carbonyl (C=O) groups excluding carboxylic acids is 1. The number of urea groups is 1. The molecule has 0 radical (unpaired) electrons. The molecule has 1 aliphatic heterocycles. The summed E-state index contributed by atoms with van der Waals surface area (Å²) in [7, 11) is 0. The van der Waals surface area contributed by atoms with Crippen LogP contribution in [-0.4, -0.2) is 41.3 Å². The summed E-state index contributed by atoms with van der Waals surface area (Å²) in [5.41, 5.74) is 0.731. The number of carbonyl (C=O) groups is 2. The molecule has 1 saturated heterocycles. The molecule has 1 aromatic rings. The molecular formula is C14H19N3O4. The average molecular weight is 293 g/mol. The van der Waals surface area contributed by atoms with E-state index in [9.17, 15) is 9.59 Å². The molecule has 0 aliphatic carbocycles. The Kier molecular flexibility index (Phi) is 5.51. The summed E-state index contributed by atoms with van der Waals surface area (Å²) in [6.45, 7) is 1.70. The molecule has 3 N–H and O–H groups in total. The number of nitrogens with one attached hydrogen (secondary N) is 2. The Bertz CT molecular complexity index is 483. The Morgan fingerprint density at radius 2 is 2.24 bits per heavy atom. The number of nitrogens with zero attached hydrogens (tertiary/aromatic N) is 1. The summed E-state index contributed by atoms with van der Waals surface area (Å²) in [6.07, 6.45) is 4.68. The number of hydrogen-bond acceptors (Lipinski definition) is 4. The minimum absolute atomic E-state index is 0.0141. The second-order valence-electron chi connectivity index (χ2n) is 4.89. The Morgan fingerprint density at radius 1 is 1.38 bits per heavy atom. The molecule has 0 saturated carbocycles. The maximum atomic E-state index is 11.6. The van der Waals surface area contributed by atoms with Gasteiger partial charge in [0.1, 0.15) is 5.69 Å². The number of amides is 2. The standard InChI is InChI=1S/C14H19N3O4/c18-13(19)12-4-3-10(8-16-12)9-17-14(20)15-6-5-11-2-1-7-21-11/h3-4,8,11H,1-2,5-7,9H2,(H,18,19)(H2,15,17,20). The van der Waals surface area contributed by atoms with Crippen molar-refractivity contribution in [2.45, 2.75) is 31.9 Å². The molecule has 0 spiro atoms. The fraction of sp³-hybridized carbons (Fsp3) is 0.500. The molecule has 21 heavy (non-hydrogen) atoms. The molecule has 7 heteroatoms. The third-order valence-electron chi connectivity index (χ3n) is 3.27. The fourth-order valence-electron chi connectivity index (χ4n) is 2.12. The number of ether oxygens (including phenoxy) is 1. The minimum Gasteiger partial charge on any atom is -0.477 e. The van der Waals surface area contributed by atoms with Crippen LogP contribution in [0.2, 0.25) is 0 Å². The van der Waals surface area contributed by atoms with E-state index in [1.807, 2.05) is 0 Å². The van der Waals surface area contributed by atoms with Gasteiger partial charge in [-0.1, -0.05) is 6.07 Å². The van der Waals surface area contributed by atoms with Crippen molar-refractivity contribution in [3.05, 3.63) is 29.6 Å². The van der Waals surface area contributed by atoms with Gasteiger partial charge in [-0.3, -0.25) is 0 Å². The van der Waals surface area contributed by atoms with Gasteiger partial charge in [-0.05, 0) is 30.9 Å². The van der Waals surface area contributed by atoms with Crippen LogP contribution >= 0.6 is 0 Å². The van der Waals surface area contributed by atoms with Crippen LogP contribution in [0.1, 0.15) is 35.3 Å². The van der Waals surface area contributed by atoms with Gasteiger partial charge in [-0.2, -0.15) is 0 Å². The normalized spacial score (nSPS) is 17.4. The summed E-state index contributed by atoms with van der Waals surface area (Å²) in [5.74, 6) is -1.07. The second-order valence-corrected chi connectivity index (χ2v) is 4.89. The predicted octanol–water partition coefficient (Wildman–Crippen LogP) is 1.15. The van der Waals surface area contributed by atoms with E-state index in [4.69, 9.17) is 9.84 Å². The molecule has 2 amide bonds. The van der Waals surface area contributed by atoms with Crippen LogP contribution in [0.25, 0.3) is 0 Å². The number of rotatable bonds is 6. The summed E-state index contributed by atoms with van der Waals surface area (Å²) in [5, 5.41) is 14.2. The van der Waals surface area contributed by atoms with Gasteiger partial charge in [0.2, 0.25) is 0 Å². The van der Waals surface area contributed by atoms with E-state index >= 15 is 0 Å². The van der Waals surface area contributed by atoms with E-state index in [0.717, 1.165) is 31.4 Å². The number of hydrogen-bond donors (Lipinski definition) is 3. The maximum Gasteiger partial charge on any atom is 0.354 e. The highest BCUT2D eigenvalue weighted by Crippen LogP contribution is 2.14. The Hall–Kier alpha value is -2.15. The largest absolute Gasteiger partial charge is 0.477 e. The maximum absolute atomic E-state index is 11.6. The van der Waals surface area contributed by atoms with Crippen LogP contribution in [0, 0.1) is 0 Å². The lowest BCUT2D eigenvalue weighted by atomic mass is 10.2. The number of carboxylic acids is 1. The Morgan fingerprint density at radius 3 is 2.86 bits per heavy atom. The lowest BCUT2D eigenvalue weighted by Gasteiger charge is -2.11. The van der Waals surface area contributed by atoms with E-state index in [1.54, 1.807) is 6.07 Å². The van der Waals surface area contributed by atoms with Crippen molar-refractivity contribution < 1.29 is 19.4 Å². The molecule has 1 atom stereocenters. The highest BCUT2D eigenvalue weighted by Gasteiger charge is 2.15. The zero-order valence-electron chi connectivity index (χ0n) is 11.7. The Balaban J connectivity index is 1.64. The minimum atomic E-state index is -1.07. The zero-order valence-corrected chi connectivity index (χ0v) is 11.7. The summed E-state index contributed by atoms with van der Waals surface area (Å²) >= 11 is 0. The third kappa shape index (κ3) is 5.03.